The van der Waals surface area contributed by atoms with E-state index >= 15 is 0 Å². The second kappa shape index (κ2) is 9.48. The molecule has 182 valence electrons. The van der Waals surface area contributed by atoms with Gasteiger partial charge in [-0.25, -0.2) is 19.0 Å². The quantitative estimate of drug-likeness (QED) is 0.538. The number of ether oxygens (including phenoxy) is 1. The van der Waals surface area contributed by atoms with Gasteiger partial charge in [-0.2, -0.15) is 5.10 Å². The topological polar surface area (TPSA) is 108 Å². The fourth-order valence-electron chi connectivity index (χ4n) is 5.03. The van der Waals surface area contributed by atoms with Crippen molar-refractivity contribution < 1.29 is 13.9 Å². The number of nitrogens with one attached hydrogen (secondary N) is 1. The van der Waals surface area contributed by atoms with Crippen molar-refractivity contribution in [3.63, 3.8) is 0 Å². The average Bonchev–Trinajstić information content (AvgIpc) is 3.53. The first-order chi connectivity index (χ1) is 17.0. The van der Waals surface area contributed by atoms with Gasteiger partial charge in [0, 0.05) is 18.0 Å². The summed E-state index contributed by atoms with van der Waals surface area (Å²) in [4.78, 5) is 21.4. The lowest BCUT2D eigenvalue weighted by Crippen LogP contribution is -2.28. The molecular formula is C26H29FN6O2. The monoisotopic (exact) mass is 476 g/mol. The standard InChI is InChI=1S/C26H29FN6O2/c1-15-7-12-19(27)20(23(15)35-2)26(34)29-13-16-8-10-17(11-9-16)22-21-24(28)30-14-31-25(21)33(32-22)18-5-3-4-6-18/h8-12,14-15,18H,3-7,13H2,1-2H3,(H,29,34)(H2,28,30,31). The number of carbonyl (C=O) groups is 1. The number of nitrogen functional groups attached to an aromatic ring is 1. The molecule has 2 aliphatic carbocycles. The third-order valence-electron chi connectivity index (χ3n) is 6.90. The van der Waals surface area contributed by atoms with E-state index in [1.165, 1.54) is 32.4 Å². The molecule has 1 amide bonds. The van der Waals surface area contributed by atoms with Crippen LogP contribution in [0.4, 0.5) is 10.2 Å². The van der Waals surface area contributed by atoms with Crippen LogP contribution in [0.15, 0.2) is 53.8 Å². The Bertz CT molecular complexity index is 1320. The molecule has 1 unspecified atom stereocenters. The summed E-state index contributed by atoms with van der Waals surface area (Å²) >= 11 is 0. The molecule has 1 aromatic carbocycles. The summed E-state index contributed by atoms with van der Waals surface area (Å²) in [6, 6.07) is 8.03. The Kier molecular flexibility index (Phi) is 6.23. The second-order valence-electron chi connectivity index (χ2n) is 9.20. The minimum absolute atomic E-state index is 0.0257. The summed E-state index contributed by atoms with van der Waals surface area (Å²) in [7, 11) is 1.46. The average molecular weight is 477 g/mol. The predicted octanol–water partition coefficient (Wildman–Crippen LogP) is 4.60. The number of halogens is 1. The molecule has 8 nitrogen and oxygen atoms in total. The maximum absolute atomic E-state index is 14.4. The number of allylic oxidation sites excluding steroid dienone is 2. The van der Waals surface area contributed by atoms with Crippen molar-refractivity contribution in [2.75, 3.05) is 12.8 Å². The molecule has 0 bridgehead atoms. The normalized spacial score (nSPS) is 18.7. The van der Waals surface area contributed by atoms with Gasteiger partial charge in [0.15, 0.2) is 5.65 Å². The molecule has 1 atom stereocenters. The smallest absolute Gasteiger partial charge is 0.257 e. The lowest BCUT2D eigenvalue weighted by molar-refractivity contribution is -0.117. The predicted molar refractivity (Wildman–Crippen MR) is 132 cm³/mol. The molecule has 35 heavy (non-hydrogen) atoms. The molecule has 3 aromatic rings. The van der Waals surface area contributed by atoms with Crippen molar-refractivity contribution in [1.82, 2.24) is 25.1 Å². The van der Waals surface area contributed by atoms with Crippen molar-refractivity contribution in [3.05, 3.63) is 59.4 Å². The van der Waals surface area contributed by atoms with E-state index in [9.17, 15) is 9.18 Å². The number of hydrogen-bond acceptors (Lipinski definition) is 6. The third-order valence-corrected chi connectivity index (χ3v) is 6.90. The van der Waals surface area contributed by atoms with Crippen LogP contribution < -0.4 is 11.1 Å². The van der Waals surface area contributed by atoms with E-state index in [0.717, 1.165) is 40.7 Å². The van der Waals surface area contributed by atoms with Crippen LogP contribution >= 0.6 is 0 Å². The maximum Gasteiger partial charge on any atom is 0.257 e. The molecule has 1 saturated carbocycles. The summed E-state index contributed by atoms with van der Waals surface area (Å²) in [5.41, 5.74) is 9.48. The number of fused-ring (bicyclic) bond motifs is 1. The van der Waals surface area contributed by atoms with Crippen LogP contribution in [0.1, 0.15) is 50.6 Å². The van der Waals surface area contributed by atoms with E-state index < -0.39 is 11.7 Å². The highest BCUT2D eigenvalue weighted by Gasteiger charge is 2.28. The Morgan fingerprint density at radius 1 is 1.23 bits per heavy atom. The summed E-state index contributed by atoms with van der Waals surface area (Å²) < 4.78 is 21.7. The van der Waals surface area contributed by atoms with Crippen LogP contribution in [0, 0.1) is 5.92 Å². The van der Waals surface area contributed by atoms with E-state index in [2.05, 4.69) is 15.3 Å². The summed E-state index contributed by atoms with van der Waals surface area (Å²) in [5.74, 6) is -0.295. The number of anilines is 1. The summed E-state index contributed by atoms with van der Waals surface area (Å²) in [6.07, 6.45) is 7.95. The second-order valence-corrected chi connectivity index (χ2v) is 9.20. The summed E-state index contributed by atoms with van der Waals surface area (Å²) in [6.45, 7) is 2.16. The Labute approximate surface area is 203 Å². The van der Waals surface area contributed by atoms with Gasteiger partial charge in [0.25, 0.3) is 5.91 Å². The Hall–Kier alpha value is -3.75. The SMILES string of the molecule is COC1=C(C(=O)NCc2ccc(-c3nn(C4CCCC4)c4ncnc(N)c34)cc2)C(F)=CCC1C. The molecule has 0 aliphatic heterocycles. The summed E-state index contributed by atoms with van der Waals surface area (Å²) in [5, 5.41) is 8.46. The zero-order valence-corrected chi connectivity index (χ0v) is 19.9. The third kappa shape index (κ3) is 4.26. The molecule has 0 spiro atoms. The van der Waals surface area contributed by atoms with Crippen LogP contribution in [0.2, 0.25) is 0 Å². The molecule has 3 N–H and O–H groups in total. The van der Waals surface area contributed by atoms with Crippen molar-refractivity contribution in [2.24, 2.45) is 5.92 Å². The van der Waals surface area contributed by atoms with Crippen molar-refractivity contribution in [1.29, 1.82) is 0 Å². The first kappa shape index (κ1) is 23.0. The van der Waals surface area contributed by atoms with Gasteiger partial charge in [-0.3, -0.25) is 4.79 Å². The van der Waals surface area contributed by atoms with Crippen LogP contribution in [0.5, 0.6) is 0 Å². The largest absolute Gasteiger partial charge is 0.500 e. The zero-order valence-electron chi connectivity index (χ0n) is 19.9. The van der Waals surface area contributed by atoms with Crippen LogP contribution in [0.3, 0.4) is 0 Å². The molecule has 2 aromatic heterocycles. The zero-order chi connectivity index (χ0) is 24.5. The van der Waals surface area contributed by atoms with Gasteiger partial charge in [-0.15, -0.1) is 0 Å². The molecule has 9 heteroatoms. The highest BCUT2D eigenvalue weighted by molar-refractivity contribution is 5.99. The number of rotatable bonds is 6. The lowest BCUT2D eigenvalue weighted by atomic mass is 9.94. The Morgan fingerprint density at radius 3 is 2.69 bits per heavy atom. The van der Waals surface area contributed by atoms with E-state index in [4.69, 9.17) is 15.6 Å². The van der Waals surface area contributed by atoms with Gasteiger partial charge < -0.3 is 15.8 Å². The Morgan fingerprint density at radius 2 is 1.97 bits per heavy atom. The first-order valence-corrected chi connectivity index (χ1v) is 12.0. The maximum atomic E-state index is 14.4. The van der Waals surface area contributed by atoms with Gasteiger partial charge in [0.1, 0.15) is 35.0 Å². The number of aromatic nitrogens is 4. The minimum atomic E-state index is -0.544. The number of methoxy groups -OCH3 is 1. The first-order valence-electron chi connectivity index (χ1n) is 12.0. The molecule has 5 rings (SSSR count). The van der Waals surface area contributed by atoms with Crippen molar-refractivity contribution >= 4 is 22.8 Å². The number of nitrogens with two attached hydrogens (primary N) is 1. The van der Waals surface area contributed by atoms with Gasteiger partial charge >= 0.3 is 0 Å². The van der Waals surface area contributed by atoms with Gasteiger partial charge in [-0.1, -0.05) is 44.0 Å². The molecule has 2 heterocycles. The van der Waals surface area contributed by atoms with E-state index in [1.807, 2.05) is 35.9 Å². The fourth-order valence-corrected chi connectivity index (χ4v) is 5.03. The van der Waals surface area contributed by atoms with Gasteiger partial charge in [0.05, 0.1) is 18.5 Å². The van der Waals surface area contributed by atoms with E-state index in [1.54, 1.807) is 0 Å². The minimum Gasteiger partial charge on any atom is -0.500 e. The number of carbonyl (C=O) groups excluding carboxylic acids is 1. The number of benzene rings is 1. The number of amides is 1. The lowest BCUT2D eigenvalue weighted by Gasteiger charge is -2.21. The van der Waals surface area contributed by atoms with Crippen molar-refractivity contribution in [2.45, 2.75) is 51.6 Å². The van der Waals surface area contributed by atoms with Crippen LogP contribution in [-0.4, -0.2) is 32.8 Å². The van der Waals surface area contributed by atoms with Crippen LogP contribution in [0.25, 0.3) is 22.3 Å². The van der Waals surface area contributed by atoms with Gasteiger partial charge in [0.2, 0.25) is 0 Å². The molecule has 1 fully saturated rings. The Balaban J connectivity index is 1.37. The van der Waals surface area contributed by atoms with E-state index in [-0.39, 0.29) is 18.0 Å². The van der Waals surface area contributed by atoms with Crippen LogP contribution in [-0.2, 0) is 16.1 Å². The molecule has 2 aliphatic rings. The number of hydrogen-bond donors (Lipinski definition) is 2. The molecule has 0 radical (unpaired) electrons. The molecule has 0 saturated heterocycles. The van der Waals surface area contributed by atoms with E-state index in [0.29, 0.717) is 24.0 Å². The fraction of sp³-hybridized carbons (Fsp3) is 0.385. The highest BCUT2D eigenvalue weighted by Crippen LogP contribution is 2.36. The number of nitrogens with zero attached hydrogens (tertiary/aromatic N) is 4. The molecular weight excluding hydrogens is 447 g/mol. The van der Waals surface area contributed by atoms with Crippen molar-refractivity contribution in [3.8, 4) is 11.3 Å². The highest BCUT2D eigenvalue weighted by atomic mass is 19.1. The van der Waals surface area contributed by atoms with Gasteiger partial charge in [-0.05, 0) is 30.9 Å².